The fraction of sp³-hybridized carbons (Fsp3) is 0.933. The van der Waals surface area contributed by atoms with Gasteiger partial charge in [-0.15, -0.1) is 0 Å². The molecule has 0 heterocycles. The zero-order chi connectivity index (χ0) is 13.3. The topological polar surface area (TPSA) is 26.3 Å². The van der Waals surface area contributed by atoms with Crippen LogP contribution in [-0.4, -0.2) is 11.6 Å². The third-order valence-corrected chi connectivity index (χ3v) is 3.43. The van der Waals surface area contributed by atoms with Crippen LogP contribution in [-0.2, 0) is 9.53 Å². The van der Waals surface area contributed by atoms with Gasteiger partial charge in [0.15, 0.2) is 0 Å². The lowest BCUT2D eigenvalue weighted by atomic mass is 9.84. The van der Waals surface area contributed by atoms with E-state index in [9.17, 15) is 4.79 Å². The minimum absolute atomic E-state index is 0.147. The summed E-state index contributed by atoms with van der Waals surface area (Å²) in [5.41, 5.74) is -0.255. The zero-order valence-electron chi connectivity index (χ0n) is 12.3. The first-order chi connectivity index (χ1) is 7.97. The van der Waals surface area contributed by atoms with Crippen molar-refractivity contribution in [2.75, 3.05) is 0 Å². The van der Waals surface area contributed by atoms with E-state index in [4.69, 9.17) is 4.74 Å². The molecular formula is C15H30O2. The molecule has 0 radical (unpaired) electrons. The fourth-order valence-electron chi connectivity index (χ4n) is 2.62. The van der Waals surface area contributed by atoms with Crippen molar-refractivity contribution in [3.63, 3.8) is 0 Å². The van der Waals surface area contributed by atoms with Crippen molar-refractivity contribution >= 4 is 5.97 Å². The molecule has 0 fully saturated rings. The number of carbonyl (C=O) groups is 1. The molecule has 0 saturated carbocycles. The van der Waals surface area contributed by atoms with Crippen molar-refractivity contribution < 1.29 is 9.53 Å². The van der Waals surface area contributed by atoms with Gasteiger partial charge in [-0.05, 0) is 25.7 Å². The SMILES string of the molecule is CCCCC(CC)CC(C)(CCC)OC(C)=O. The first-order valence-corrected chi connectivity index (χ1v) is 7.17. The Labute approximate surface area is 107 Å². The third-order valence-electron chi connectivity index (χ3n) is 3.43. The van der Waals surface area contributed by atoms with E-state index >= 15 is 0 Å². The fourth-order valence-corrected chi connectivity index (χ4v) is 2.62. The molecule has 0 rings (SSSR count). The van der Waals surface area contributed by atoms with Gasteiger partial charge in [0.25, 0.3) is 0 Å². The lowest BCUT2D eigenvalue weighted by Crippen LogP contribution is -2.33. The van der Waals surface area contributed by atoms with Crippen molar-refractivity contribution in [2.45, 2.75) is 85.2 Å². The van der Waals surface area contributed by atoms with Gasteiger partial charge in [0.1, 0.15) is 5.60 Å². The second kappa shape index (κ2) is 8.54. The second-order valence-electron chi connectivity index (χ2n) is 5.41. The predicted molar refractivity (Wildman–Crippen MR) is 73.0 cm³/mol. The summed E-state index contributed by atoms with van der Waals surface area (Å²) in [5, 5.41) is 0. The molecule has 2 unspecified atom stereocenters. The molecule has 2 heteroatoms. The largest absolute Gasteiger partial charge is 0.460 e. The molecule has 0 amide bonds. The van der Waals surface area contributed by atoms with Crippen LogP contribution in [0.1, 0.15) is 79.6 Å². The molecule has 17 heavy (non-hydrogen) atoms. The number of esters is 1. The minimum atomic E-state index is -0.255. The van der Waals surface area contributed by atoms with Crippen LogP contribution in [0, 0.1) is 5.92 Å². The van der Waals surface area contributed by atoms with Gasteiger partial charge < -0.3 is 4.74 Å². The summed E-state index contributed by atoms with van der Waals surface area (Å²) in [7, 11) is 0. The molecule has 0 aromatic rings. The maximum Gasteiger partial charge on any atom is 0.303 e. The van der Waals surface area contributed by atoms with Gasteiger partial charge >= 0.3 is 5.97 Å². The number of hydrogen-bond acceptors (Lipinski definition) is 2. The average molecular weight is 242 g/mol. The number of unbranched alkanes of at least 4 members (excludes halogenated alkanes) is 1. The normalized spacial score (nSPS) is 16.3. The Morgan fingerprint density at radius 3 is 2.29 bits per heavy atom. The molecule has 0 N–H and O–H groups in total. The van der Waals surface area contributed by atoms with E-state index in [0.717, 1.165) is 19.3 Å². The Morgan fingerprint density at radius 2 is 1.88 bits per heavy atom. The van der Waals surface area contributed by atoms with Crippen LogP contribution in [0.4, 0.5) is 0 Å². The van der Waals surface area contributed by atoms with E-state index in [-0.39, 0.29) is 11.6 Å². The van der Waals surface area contributed by atoms with E-state index in [1.54, 1.807) is 0 Å². The molecule has 0 aliphatic carbocycles. The first-order valence-electron chi connectivity index (χ1n) is 7.17. The molecule has 2 nitrogen and oxygen atoms in total. The highest BCUT2D eigenvalue weighted by atomic mass is 16.6. The molecule has 0 saturated heterocycles. The lowest BCUT2D eigenvalue weighted by Gasteiger charge is -2.32. The van der Waals surface area contributed by atoms with Crippen LogP contribution in [0.25, 0.3) is 0 Å². The predicted octanol–water partition coefficient (Wildman–Crippen LogP) is 4.71. The van der Waals surface area contributed by atoms with Gasteiger partial charge in [0.05, 0.1) is 0 Å². The summed E-state index contributed by atoms with van der Waals surface area (Å²) in [6.07, 6.45) is 8.00. The van der Waals surface area contributed by atoms with Gasteiger partial charge in [-0.2, -0.15) is 0 Å². The average Bonchev–Trinajstić information content (AvgIpc) is 2.23. The van der Waals surface area contributed by atoms with E-state index in [0.29, 0.717) is 5.92 Å². The summed E-state index contributed by atoms with van der Waals surface area (Å²) in [5.74, 6) is 0.539. The van der Waals surface area contributed by atoms with Crippen LogP contribution in [0.15, 0.2) is 0 Å². The summed E-state index contributed by atoms with van der Waals surface area (Å²) in [6.45, 7) is 10.2. The molecule has 0 aliphatic rings. The van der Waals surface area contributed by atoms with Crippen LogP contribution >= 0.6 is 0 Å². The van der Waals surface area contributed by atoms with Crippen molar-refractivity contribution in [1.29, 1.82) is 0 Å². The highest BCUT2D eigenvalue weighted by Gasteiger charge is 2.29. The number of rotatable bonds is 9. The standard InChI is InChI=1S/C15H30O2/c1-6-9-10-14(8-3)12-15(5,11-7-2)17-13(4)16/h14H,6-12H2,1-5H3. The van der Waals surface area contributed by atoms with E-state index < -0.39 is 0 Å². The summed E-state index contributed by atoms with van der Waals surface area (Å²) in [6, 6.07) is 0. The molecule has 2 atom stereocenters. The smallest absolute Gasteiger partial charge is 0.303 e. The minimum Gasteiger partial charge on any atom is -0.460 e. The van der Waals surface area contributed by atoms with Gasteiger partial charge in [-0.1, -0.05) is 52.9 Å². The van der Waals surface area contributed by atoms with E-state index in [1.165, 1.54) is 32.6 Å². The van der Waals surface area contributed by atoms with Crippen molar-refractivity contribution in [1.82, 2.24) is 0 Å². The molecule has 0 aromatic heterocycles. The zero-order valence-corrected chi connectivity index (χ0v) is 12.3. The number of hydrogen-bond donors (Lipinski definition) is 0. The maximum absolute atomic E-state index is 11.2. The summed E-state index contributed by atoms with van der Waals surface area (Å²) < 4.78 is 5.55. The Bertz CT molecular complexity index is 213. The Balaban J connectivity index is 4.42. The second-order valence-corrected chi connectivity index (χ2v) is 5.41. The van der Waals surface area contributed by atoms with Crippen molar-refractivity contribution in [2.24, 2.45) is 5.92 Å². The van der Waals surface area contributed by atoms with Crippen LogP contribution in [0.5, 0.6) is 0 Å². The quantitative estimate of drug-likeness (QED) is 0.547. The summed E-state index contributed by atoms with van der Waals surface area (Å²) >= 11 is 0. The number of ether oxygens (including phenoxy) is 1. The molecule has 102 valence electrons. The van der Waals surface area contributed by atoms with Gasteiger partial charge in [-0.3, -0.25) is 4.79 Å². The van der Waals surface area contributed by atoms with Crippen LogP contribution < -0.4 is 0 Å². The van der Waals surface area contributed by atoms with E-state index in [1.807, 2.05) is 0 Å². The third kappa shape index (κ3) is 7.40. The highest BCUT2D eigenvalue weighted by molar-refractivity contribution is 5.66. The Hall–Kier alpha value is -0.530. The van der Waals surface area contributed by atoms with Gasteiger partial charge in [-0.25, -0.2) is 0 Å². The summed E-state index contributed by atoms with van der Waals surface area (Å²) in [4.78, 5) is 11.2. The van der Waals surface area contributed by atoms with Gasteiger partial charge in [0, 0.05) is 6.92 Å². The molecular weight excluding hydrogens is 212 g/mol. The van der Waals surface area contributed by atoms with Crippen molar-refractivity contribution in [3.05, 3.63) is 0 Å². The van der Waals surface area contributed by atoms with Crippen molar-refractivity contribution in [3.8, 4) is 0 Å². The Morgan fingerprint density at radius 1 is 1.24 bits per heavy atom. The molecule has 0 aromatic carbocycles. The highest BCUT2D eigenvalue weighted by Crippen LogP contribution is 2.30. The lowest BCUT2D eigenvalue weighted by molar-refractivity contribution is -0.158. The van der Waals surface area contributed by atoms with Crippen LogP contribution in [0.2, 0.25) is 0 Å². The van der Waals surface area contributed by atoms with Gasteiger partial charge in [0.2, 0.25) is 0 Å². The maximum atomic E-state index is 11.2. The molecule has 0 bridgehead atoms. The Kier molecular flexibility index (Phi) is 8.28. The monoisotopic (exact) mass is 242 g/mol. The molecule has 0 aliphatic heterocycles. The van der Waals surface area contributed by atoms with E-state index in [2.05, 4.69) is 27.7 Å². The first kappa shape index (κ1) is 16.5. The number of carbonyl (C=O) groups excluding carboxylic acids is 1. The molecule has 0 spiro atoms. The van der Waals surface area contributed by atoms with Crippen LogP contribution in [0.3, 0.4) is 0 Å².